The van der Waals surface area contributed by atoms with Crippen molar-refractivity contribution in [2.24, 2.45) is 0 Å². The number of nitrogens with one attached hydrogen (secondary N) is 2. The zero-order valence-corrected chi connectivity index (χ0v) is 14.9. The maximum Gasteiger partial charge on any atom is 0.315 e. The van der Waals surface area contributed by atoms with Gasteiger partial charge in [0.2, 0.25) is 5.88 Å². The van der Waals surface area contributed by atoms with Gasteiger partial charge in [-0.3, -0.25) is 0 Å². The first-order valence-electron chi connectivity index (χ1n) is 8.53. The lowest BCUT2D eigenvalue weighted by molar-refractivity contribution is 0.240. The fourth-order valence-electron chi connectivity index (χ4n) is 2.46. The molecule has 0 atom stereocenters. The van der Waals surface area contributed by atoms with Crippen LogP contribution in [0.15, 0.2) is 48.7 Å². The van der Waals surface area contributed by atoms with Gasteiger partial charge in [-0.25, -0.2) is 9.78 Å². The maximum absolute atomic E-state index is 11.8. The number of amides is 2. The standard InChI is InChI=1S/C19H26N4O2/c1-3-23(17-8-5-4-6-9-17)13-7-12-20-19(24)22-15-16-10-11-18(25-2)21-14-16/h4-6,8-11,14H,3,7,12-13,15H2,1-2H3,(H2,20,22,24). The number of nitrogens with zero attached hydrogens (tertiary/aromatic N) is 2. The third-order valence-corrected chi connectivity index (χ3v) is 3.85. The average Bonchev–Trinajstić information content (AvgIpc) is 2.67. The van der Waals surface area contributed by atoms with Crippen molar-refractivity contribution in [3.8, 4) is 5.88 Å². The van der Waals surface area contributed by atoms with Crippen LogP contribution in [0.25, 0.3) is 0 Å². The molecule has 0 saturated heterocycles. The molecule has 1 heterocycles. The zero-order chi connectivity index (χ0) is 17.9. The van der Waals surface area contributed by atoms with Gasteiger partial charge < -0.3 is 20.3 Å². The summed E-state index contributed by atoms with van der Waals surface area (Å²) in [6.45, 7) is 5.06. The number of carbonyl (C=O) groups is 1. The van der Waals surface area contributed by atoms with Crippen LogP contribution < -0.4 is 20.3 Å². The number of rotatable bonds is 9. The molecule has 2 rings (SSSR count). The summed E-state index contributed by atoms with van der Waals surface area (Å²) in [6, 6.07) is 13.8. The van der Waals surface area contributed by atoms with Gasteiger partial charge in [0.1, 0.15) is 0 Å². The van der Waals surface area contributed by atoms with Crippen LogP contribution in [0, 0.1) is 0 Å². The molecule has 6 heteroatoms. The maximum atomic E-state index is 11.8. The van der Waals surface area contributed by atoms with Gasteiger partial charge in [0, 0.05) is 44.1 Å². The first kappa shape index (κ1) is 18.6. The highest BCUT2D eigenvalue weighted by Crippen LogP contribution is 2.12. The molecule has 1 aromatic heterocycles. The Morgan fingerprint density at radius 3 is 2.60 bits per heavy atom. The number of hydrogen-bond donors (Lipinski definition) is 2. The van der Waals surface area contributed by atoms with Crippen molar-refractivity contribution in [2.75, 3.05) is 31.6 Å². The summed E-state index contributed by atoms with van der Waals surface area (Å²) in [5.41, 5.74) is 2.14. The number of ether oxygens (including phenoxy) is 1. The number of hydrogen-bond acceptors (Lipinski definition) is 4. The molecule has 0 aliphatic carbocycles. The summed E-state index contributed by atoms with van der Waals surface area (Å²) >= 11 is 0. The minimum Gasteiger partial charge on any atom is -0.481 e. The molecule has 25 heavy (non-hydrogen) atoms. The second-order valence-electron chi connectivity index (χ2n) is 5.59. The molecule has 2 amide bonds. The third-order valence-electron chi connectivity index (χ3n) is 3.85. The third kappa shape index (κ3) is 6.33. The minimum atomic E-state index is -0.168. The lowest BCUT2D eigenvalue weighted by Gasteiger charge is -2.23. The van der Waals surface area contributed by atoms with E-state index in [1.54, 1.807) is 19.4 Å². The molecule has 0 radical (unpaired) electrons. The predicted octanol–water partition coefficient (Wildman–Crippen LogP) is 2.81. The van der Waals surface area contributed by atoms with Crippen LogP contribution in [0.4, 0.5) is 10.5 Å². The fourth-order valence-corrected chi connectivity index (χ4v) is 2.46. The van der Waals surface area contributed by atoms with E-state index in [9.17, 15) is 4.79 Å². The highest BCUT2D eigenvalue weighted by Gasteiger charge is 2.04. The van der Waals surface area contributed by atoms with Crippen LogP contribution in [0.2, 0.25) is 0 Å². The molecule has 0 aliphatic heterocycles. The van der Waals surface area contributed by atoms with Gasteiger partial charge in [0.25, 0.3) is 0 Å². The molecule has 0 saturated carbocycles. The SMILES string of the molecule is CCN(CCCNC(=O)NCc1ccc(OC)nc1)c1ccccc1. The molecular weight excluding hydrogens is 316 g/mol. The molecule has 134 valence electrons. The molecule has 1 aromatic carbocycles. The van der Waals surface area contributed by atoms with Crippen LogP contribution in [-0.2, 0) is 6.54 Å². The van der Waals surface area contributed by atoms with Gasteiger partial charge in [-0.15, -0.1) is 0 Å². The van der Waals surface area contributed by atoms with E-state index in [0.717, 1.165) is 25.1 Å². The van der Waals surface area contributed by atoms with E-state index in [4.69, 9.17) is 4.74 Å². The quantitative estimate of drug-likeness (QED) is 0.688. The Bertz CT molecular complexity index is 632. The predicted molar refractivity (Wildman–Crippen MR) is 100.0 cm³/mol. The van der Waals surface area contributed by atoms with Gasteiger partial charge in [-0.1, -0.05) is 24.3 Å². The number of carbonyl (C=O) groups excluding carboxylic acids is 1. The van der Waals surface area contributed by atoms with E-state index in [1.807, 2.05) is 24.3 Å². The summed E-state index contributed by atoms with van der Waals surface area (Å²) in [6.07, 6.45) is 2.58. The van der Waals surface area contributed by atoms with E-state index >= 15 is 0 Å². The average molecular weight is 342 g/mol. The summed E-state index contributed by atoms with van der Waals surface area (Å²) in [5, 5.41) is 5.71. The van der Waals surface area contributed by atoms with Crippen LogP contribution in [0.1, 0.15) is 18.9 Å². The first-order valence-corrected chi connectivity index (χ1v) is 8.53. The molecule has 2 aromatic rings. The number of urea groups is 1. The monoisotopic (exact) mass is 342 g/mol. The Balaban J connectivity index is 1.64. The Labute approximate surface area is 149 Å². The highest BCUT2D eigenvalue weighted by atomic mass is 16.5. The van der Waals surface area contributed by atoms with Crippen LogP contribution >= 0.6 is 0 Å². The molecule has 0 bridgehead atoms. The van der Waals surface area contributed by atoms with Gasteiger partial charge in [-0.05, 0) is 31.0 Å². The Morgan fingerprint density at radius 2 is 1.96 bits per heavy atom. The van der Waals surface area contributed by atoms with Crippen molar-refractivity contribution in [2.45, 2.75) is 19.9 Å². The molecule has 6 nitrogen and oxygen atoms in total. The van der Waals surface area contributed by atoms with Gasteiger partial charge >= 0.3 is 6.03 Å². The van der Waals surface area contributed by atoms with Crippen molar-refractivity contribution < 1.29 is 9.53 Å². The highest BCUT2D eigenvalue weighted by molar-refractivity contribution is 5.73. The Hall–Kier alpha value is -2.76. The normalized spacial score (nSPS) is 10.2. The van der Waals surface area contributed by atoms with Gasteiger partial charge in [0.05, 0.1) is 7.11 Å². The van der Waals surface area contributed by atoms with E-state index in [0.29, 0.717) is 19.0 Å². The van der Waals surface area contributed by atoms with Gasteiger partial charge in [-0.2, -0.15) is 0 Å². The summed E-state index contributed by atoms with van der Waals surface area (Å²) in [7, 11) is 1.57. The number of methoxy groups -OCH3 is 1. The zero-order valence-electron chi connectivity index (χ0n) is 14.9. The topological polar surface area (TPSA) is 66.5 Å². The summed E-state index contributed by atoms with van der Waals surface area (Å²) in [4.78, 5) is 18.2. The molecule has 2 N–H and O–H groups in total. The van der Waals surface area contributed by atoms with Crippen molar-refractivity contribution in [1.29, 1.82) is 0 Å². The molecule has 0 aliphatic rings. The van der Waals surface area contributed by atoms with Crippen molar-refractivity contribution in [3.05, 3.63) is 54.2 Å². The van der Waals surface area contributed by atoms with E-state index in [1.165, 1.54) is 5.69 Å². The number of pyridine rings is 1. The molecule has 0 fully saturated rings. The molecular formula is C19H26N4O2. The van der Waals surface area contributed by atoms with Crippen molar-refractivity contribution in [3.63, 3.8) is 0 Å². The number of benzene rings is 1. The number of aromatic nitrogens is 1. The fraction of sp³-hybridized carbons (Fsp3) is 0.368. The first-order chi connectivity index (χ1) is 12.2. The van der Waals surface area contributed by atoms with Gasteiger partial charge in [0.15, 0.2) is 0 Å². The van der Waals surface area contributed by atoms with E-state index in [2.05, 4.69) is 39.6 Å². The lowest BCUT2D eigenvalue weighted by Crippen LogP contribution is -2.37. The number of para-hydroxylation sites is 1. The van der Waals surface area contributed by atoms with E-state index in [-0.39, 0.29) is 6.03 Å². The van der Waals surface area contributed by atoms with Crippen LogP contribution in [-0.4, -0.2) is 37.8 Å². The van der Waals surface area contributed by atoms with Crippen LogP contribution in [0.3, 0.4) is 0 Å². The molecule has 0 spiro atoms. The molecule has 0 unspecified atom stereocenters. The van der Waals surface area contributed by atoms with Crippen molar-refractivity contribution >= 4 is 11.7 Å². The Morgan fingerprint density at radius 1 is 1.16 bits per heavy atom. The summed E-state index contributed by atoms with van der Waals surface area (Å²) < 4.78 is 5.01. The second-order valence-corrected chi connectivity index (χ2v) is 5.59. The van der Waals surface area contributed by atoms with E-state index < -0.39 is 0 Å². The number of anilines is 1. The smallest absolute Gasteiger partial charge is 0.315 e. The summed E-state index contributed by atoms with van der Waals surface area (Å²) in [5.74, 6) is 0.562. The minimum absolute atomic E-state index is 0.168. The Kier molecular flexibility index (Phi) is 7.56. The van der Waals surface area contributed by atoms with Crippen LogP contribution in [0.5, 0.6) is 5.88 Å². The second kappa shape index (κ2) is 10.2. The van der Waals surface area contributed by atoms with Crippen molar-refractivity contribution in [1.82, 2.24) is 15.6 Å². The lowest BCUT2D eigenvalue weighted by atomic mass is 10.2. The largest absolute Gasteiger partial charge is 0.481 e.